The van der Waals surface area contributed by atoms with Crippen LogP contribution in [0.15, 0.2) is 97.3 Å². The number of aromatic hydroxyl groups is 1. The normalized spacial score (nSPS) is 10.8. The molecule has 39 heavy (non-hydrogen) atoms. The molecule has 2 amide bonds. The molecular weight excluding hydrogens is 492 g/mol. The average Bonchev–Trinajstić information content (AvgIpc) is 3.40. The molecule has 0 aliphatic carbocycles. The number of phenols is 1. The predicted octanol–water partition coefficient (Wildman–Crippen LogP) is 5.11. The van der Waals surface area contributed by atoms with Crippen LogP contribution in [0.3, 0.4) is 0 Å². The molecule has 8 nitrogen and oxygen atoms in total. The van der Waals surface area contributed by atoms with Gasteiger partial charge in [0.2, 0.25) is 0 Å². The maximum Gasteiger partial charge on any atom is 0.272 e. The molecule has 4 N–H and O–H groups in total. The Labute approximate surface area is 225 Å². The smallest absolute Gasteiger partial charge is 0.272 e. The average molecular weight is 521 g/mol. The van der Waals surface area contributed by atoms with E-state index in [1.807, 2.05) is 48.5 Å². The SMILES string of the molecule is O=C(NCCc1ccncc1)c1ccc(NC(=O)c2cc3ccccc3[nH]2)c(OCCc2ccc(O)cc2)c1. The molecule has 0 fully saturated rings. The van der Waals surface area contributed by atoms with Gasteiger partial charge in [0, 0.05) is 41.8 Å². The number of para-hydroxylation sites is 1. The van der Waals surface area contributed by atoms with Crippen molar-refractivity contribution in [1.82, 2.24) is 15.3 Å². The van der Waals surface area contributed by atoms with Crippen molar-refractivity contribution in [3.8, 4) is 11.5 Å². The number of hydrogen-bond donors (Lipinski definition) is 4. The van der Waals surface area contributed by atoms with Crippen molar-refractivity contribution in [2.24, 2.45) is 0 Å². The first-order chi connectivity index (χ1) is 19.0. The number of amides is 2. The van der Waals surface area contributed by atoms with Gasteiger partial charge in [-0.1, -0.05) is 30.3 Å². The summed E-state index contributed by atoms with van der Waals surface area (Å²) in [5.41, 5.74) is 4.24. The summed E-state index contributed by atoms with van der Waals surface area (Å²) in [5.74, 6) is 0.0365. The van der Waals surface area contributed by atoms with E-state index >= 15 is 0 Å². The van der Waals surface area contributed by atoms with Gasteiger partial charge >= 0.3 is 0 Å². The van der Waals surface area contributed by atoms with Crippen LogP contribution in [-0.2, 0) is 12.8 Å². The van der Waals surface area contributed by atoms with Crippen LogP contribution in [0.4, 0.5) is 5.69 Å². The molecule has 0 saturated heterocycles. The van der Waals surface area contributed by atoms with E-state index in [2.05, 4.69) is 20.6 Å². The Kier molecular flexibility index (Phi) is 7.83. The van der Waals surface area contributed by atoms with E-state index in [0.717, 1.165) is 22.0 Å². The van der Waals surface area contributed by atoms with E-state index in [-0.39, 0.29) is 17.6 Å². The van der Waals surface area contributed by atoms with Gasteiger partial charge in [-0.05, 0) is 72.1 Å². The standard InChI is InChI=1S/C31H28N4O4/c36-25-8-5-21(6-9-25)14-18-39-29-20-24(30(37)33-17-13-22-11-15-32-16-12-22)7-10-27(29)35-31(38)28-19-23-3-1-2-4-26(23)34-28/h1-12,15-16,19-20,34,36H,13-14,17-18H2,(H,33,37)(H,35,38). The van der Waals surface area contributed by atoms with E-state index in [0.29, 0.717) is 48.7 Å². The second-order valence-corrected chi connectivity index (χ2v) is 9.06. The quantitative estimate of drug-likeness (QED) is 0.204. The first kappa shape index (κ1) is 25.5. The van der Waals surface area contributed by atoms with Crippen molar-refractivity contribution in [3.63, 3.8) is 0 Å². The van der Waals surface area contributed by atoms with Crippen LogP contribution in [0, 0.1) is 0 Å². The largest absolute Gasteiger partial charge is 0.508 e. The number of aromatic amines is 1. The summed E-state index contributed by atoms with van der Waals surface area (Å²) in [6.45, 7) is 0.784. The first-order valence-corrected chi connectivity index (χ1v) is 12.7. The number of nitrogens with zero attached hydrogens (tertiary/aromatic N) is 1. The second kappa shape index (κ2) is 12.0. The van der Waals surface area contributed by atoms with E-state index in [1.165, 1.54) is 0 Å². The molecular formula is C31H28N4O4. The van der Waals surface area contributed by atoms with Crippen molar-refractivity contribution in [2.45, 2.75) is 12.8 Å². The molecule has 0 spiro atoms. The van der Waals surface area contributed by atoms with Gasteiger partial charge in [-0.2, -0.15) is 0 Å². The molecule has 3 aromatic carbocycles. The highest BCUT2D eigenvalue weighted by atomic mass is 16.5. The van der Waals surface area contributed by atoms with Crippen molar-refractivity contribution in [3.05, 3.63) is 120 Å². The minimum atomic E-state index is -0.316. The summed E-state index contributed by atoms with van der Waals surface area (Å²) >= 11 is 0. The molecule has 5 aromatic rings. The van der Waals surface area contributed by atoms with Gasteiger partial charge in [0.1, 0.15) is 17.2 Å². The zero-order chi connectivity index (χ0) is 27.0. The first-order valence-electron chi connectivity index (χ1n) is 12.7. The fourth-order valence-corrected chi connectivity index (χ4v) is 4.18. The lowest BCUT2D eigenvalue weighted by atomic mass is 10.1. The van der Waals surface area contributed by atoms with Crippen LogP contribution in [0.2, 0.25) is 0 Å². The molecule has 196 valence electrons. The maximum atomic E-state index is 13.1. The van der Waals surface area contributed by atoms with Gasteiger partial charge in [0.15, 0.2) is 0 Å². The molecule has 2 heterocycles. The number of ether oxygens (including phenoxy) is 1. The Hall–Kier alpha value is -5.11. The number of aromatic nitrogens is 2. The van der Waals surface area contributed by atoms with Crippen molar-refractivity contribution in [1.29, 1.82) is 0 Å². The Morgan fingerprint density at radius 1 is 0.846 bits per heavy atom. The van der Waals surface area contributed by atoms with Gasteiger partial charge < -0.3 is 25.5 Å². The number of carbonyl (C=O) groups is 2. The molecule has 2 aromatic heterocycles. The topological polar surface area (TPSA) is 116 Å². The lowest BCUT2D eigenvalue weighted by molar-refractivity contribution is 0.0953. The van der Waals surface area contributed by atoms with Crippen molar-refractivity contribution >= 4 is 28.4 Å². The van der Waals surface area contributed by atoms with Crippen LogP contribution in [0.5, 0.6) is 11.5 Å². The minimum Gasteiger partial charge on any atom is -0.508 e. The maximum absolute atomic E-state index is 13.1. The Morgan fingerprint density at radius 3 is 2.41 bits per heavy atom. The van der Waals surface area contributed by atoms with E-state index in [9.17, 15) is 14.7 Å². The number of hydrogen-bond acceptors (Lipinski definition) is 5. The highest BCUT2D eigenvalue weighted by Crippen LogP contribution is 2.27. The van der Waals surface area contributed by atoms with E-state index < -0.39 is 0 Å². The van der Waals surface area contributed by atoms with Crippen LogP contribution < -0.4 is 15.4 Å². The molecule has 0 bridgehead atoms. The van der Waals surface area contributed by atoms with Crippen LogP contribution in [0.25, 0.3) is 10.9 Å². The monoisotopic (exact) mass is 520 g/mol. The summed E-state index contributed by atoms with van der Waals surface area (Å²) in [6.07, 6.45) is 4.71. The lowest BCUT2D eigenvalue weighted by Crippen LogP contribution is -2.25. The fraction of sp³-hybridized carbons (Fsp3) is 0.129. The number of anilines is 1. The molecule has 0 atom stereocenters. The number of nitrogens with one attached hydrogen (secondary N) is 3. The third kappa shape index (κ3) is 6.61. The fourth-order valence-electron chi connectivity index (χ4n) is 4.18. The molecule has 0 aliphatic rings. The number of benzene rings is 3. The molecule has 5 rings (SSSR count). The molecule has 0 aliphatic heterocycles. The summed E-state index contributed by atoms with van der Waals surface area (Å²) in [7, 11) is 0. The number of fused-ring (bicyclic) bond motifs is 1. The van der Waals surface area contributed by atoms with Gasteiger partial charge in [0.25, 0.3) is 11.8 Å². The lowest BCUT2D eigenvalue weighted by Gasteiger charge is -2.14. The summed E-state index contributed by atoms with van der Waals surface area (Å²) in [5, 5.41) is 16.3. The van der Waals surface area contributed by atoms with Gasteiger partial charge in [-0.15, -0.1) is 0 Å². The zero-order valence-corrected chi connectivity index (χ0v) is 21.2. The number of H-pyrrole nitrogens is 1. The molecule has 8 heteroatoms. The van der Waals surface area contributed by atoms with Crippen molar-refractivity contribution in [2.75, 3.05) is 18.5 Å². The minimum absolute atomic E-state index is 0.198. The Balaban J connectivity index is 1.30. The summed E-state index contributed by atoms with van der Waals surface area (Å²) < 4.78 is 6.06. The van der Waals surface area contributed by atoms with Gasteiger partial charge in [-0.3, -0.25) is 14.6 Å². The second-order valence-electron chi connectivity index (χ2n) is 9.06. The van der Waals surface area contributed by atoms with Gasteiger partial charge in [-0.25, -0.2) is 0 Å². The summed E-state index contributed by atoms with van der Waals surface area (Å²) in [6, 6.07) is 25.1. The highest BCUT2D eigenvalue weighted by molar-refractivity contribution is 6.07. The van der Waals surface area contributed by atoms with Crippen molar-refractivity contribution < 1.29 is 19.4 Å². The third-order valence-corrected chi connectivity index (χ3v) is 6.30. The van der Waals surface area contributed by atoms with Crippen LogP contribution in [-0.4, -0.2) is 40.0 Å². The van der Waals surface area contributed by atoms with Crippen LogP contribution in [0.1, 0.15) is 32.0 Å². The Morgan fingerprint density at radius 2 is 1.62 bits per heavy atom. The highest BCUT2D eigenvalue weighted by Gasteiger charge is 2.15. The summed E-state index contributed by atoms with van der Waals surface area (Å²) in [4.78, 5) is 33.1. The molecule has 0 saturated carbocycles. The zero-order valence-electron chi connectivity index (χ0n) is 21.2. The van der Waals surface area contributed by atoms with E-state index in [4.69, 9.17) is 4.74 Å². The number of carbonyl (C=O) groups excluding carboxylic acids is 2. The number of rotatable bonds is 10. The van der Waals surface area contributed by atoms with E-state index in [1.54, 1.807) is 48.8 Å². The van der Waals surface area contributed by atoms with Gasteiger partial charge in [0.05, 0.1) is 12.3 Å². The van der Waals surface area contributed by atoms with Crippen LogP contribution >= 0.6 is 0 Å². The number of pyridine rings is 1. The molecule has 0 radical (unpaired) electrons. The Bertz CT molecular complexity index is 1550. The number of phenolic OH excluding ortho intramolecular Hbond substituents is 1. The molecule has 0 unspecified atom stereocenters. The third-order valence-electron chi connectivity index (χ3n) is 6.30. The predicted molar refractivity (Wildman–Crippen MR) is 150 cm³/mol.